The molecule has 0 atom stereocenters. The molecule has 138 valence electrons. The van der Waals surface area contributed by atoms with Crippen LogP contribution in [0.4, 0.5) is 0 Å². The van der Waals surface area contributed by atoms with Gasteiger partial charge in [0.15, 0.2) is 0 Å². The summed E-state index contributed by atoms with van der Waals surface area (Å²) in [6, 6.07) is 10.5. The van der Waals surface area contributed by atoms with Gasteiger partial charge in [0.05, 0.1) is 13.1 Å². The zero-order chi connectivity index (χ0) is 19.3. The Hall–Kier alpha value is -2.67. The third kappa shape index (κ3) is 5.42. The molecule has 1 heterocycles. The van der Waals surface area contributed by atoms with E-state index in [0.717, 1.165) is 21.8 Å². The van der Waals surface area contributed by atoms with Crippen molar-refractivity contribution < 1.29 is 19.5 Å². The molecular weight excluding hydrogens is 352 g/mol. The van der Waals surface area contributed by atoms with Gasteiger partial charge in [0.1, 0.15) is 4.88 Å². The molecule has 0 unspecified atom stereocenters. The largest absolute Gasteiger partial charge is 0.477 e. The molecule has 1 aromatic heterocycles. The minimum Gasteiger partial charge on any atom is -0.477 e. The number of rotatable bonds is 6. The monoisotopic (exact) mass is 374 g/mol. The highest BCUT2D eigenvalue weighted by Gasteiger charge is 2.15. The predicted octanol–water partition coefficient (Wildman–Crippen LogP) is 2.79. The molecule has 0 bridgehead atoms. The second kappa shape index (κ2) is 8.14. The zero-order valence-corrected chi connectivity index (χ0v) is 15.8. The van der Waals surface area contributed by atoms with E-state index in [1.54, 1.807) is 18.2 Å². The number of carbonyl (C=O) groups excluding carboxylic acids is 2. The lowest BCUT2D eigenvalue weighted by atomic mass is 9.87. The smallest absolute Gasteiger partial charge is 0.345 e. The molecular formula is C19H22N2O4S. The van der Waals surface area contributed by atoms with Crippen molar-refractivity contribution in [3.05, 3.63) is 57.3 Å². The molecule has 2 aromatic rings. The molecule has 0 saturated heterocycles. The predicted molar refractivity (Wildman–Crippen MR) is 101 cm³/mol. The first-order valence-electron chi connectivity index (χ1n) is 8.14. The number of hydrogen-bond acceptors (Lipinski definition) is 4. The summed E-state index contributed by atoms with van der Waals surface area (Å²) < 4.78 is 0. The molecule has 1 aromatic carbocycles. The van der Waals surface area contributed by atoms with Crippen LogP contribution in [0.3, 0.4) is 0 Å². The number of amides is 2. The van der Waals surface area contributed by atoms with Crippen LogP contribution in [-0.4, -0.2) is 29.4 Å². The quantitative estimate of drug-likeness (QED) is 0.724. The van der Waals surface area contributed by atoms with Gasteiger partial charge in [-0.05, 0) is 35.2 Å². The molecule has 0 spiro atoms. The van der Waals surface area contributed by atoms with E-state index in [2.05, 4.69) is 31.4 Å². The summed E-state index contributed by atoms with van der Waals surface area (Å²) >= 11 is 1.11. The summed E-state index contributed by atoms with van der Waals surface area (Å²) in [6.45, 7) is 6.38. The van der Waals surface area contributed by atoms with Crippen molar-refractivity contribution in [1.29, 1.82) is 0 Å². The van der Waals surface area contributed by atoms with Gasteiger partial charge in [-0.3, -0.25) is 9.59 Å². The first-order valence-corrected chi connectivity index (χ1v) is 8.96. The maximum atomic E-state index is 12.1. The molecule has 26 heavy (non-hydrogen) atoms. The Morgan fingerprint density at radius 3 is 2.19 bits per heavy atom. The van der Waals surface area contributed by atoms with E-state index in [4.69, 9.17) is 5.11 Å². The molecule has 0 aliphatic carbocycles. The number of thiophene rings is 1. The number of nitrogens with one attached hydrogen (secondary N) is 2. The Kier molecular flexibility index (Phi) is 6.15. The Balaban J connectivity index is 1.80. The second-order valence-corrected chi connectivity index (χ2v) is 8.03. The highest BCUT2D eigenvalue weighted by molar-refractivity contribution is 7.13. The summed E-state index contributed by atoms with van der Waals surface area (Å²) in [5.74, 6) is -1.64. The van der Waals surface area contributed by atoms with E-state index >= 15 is 0 Å². The van der Waals surface area contributed by atoms with Gasteiger partial charge >= 0.3 is 5.97 Å². The molecule has 0 radical (unpaired) electrons. The van der Waals surface area contributed by atoms with Crippen LogP contribution in [0.1, 0.15) is 51.2 Å². The zero-order valence-electron chi connectivity index (χ0n) is 15.0. The Labute approximate surface area is 156 Å². The molecule has 0 saturated carbocycles. The van der Waals surface area contributed by atoms with E-state index in [0.29, 0.717) is 5.56 Å². The molecule has 2 rings (SSSR count). The van der Waals surface area contributed by atoms with Crippen LogP contribution in [0.2, 0.25) is 0 Å². The van der Waals surface area contributed by atoms with Gasteiger partial charge in [0, 0.05) is 10.4 Å². The molecule has 7 heteroatoms. The number of benzene rings is 1. The Morgan fingerprint density at radius 1 is 1.00 bits per heavy atom. The molecule has 0 fully saturated rings. The fourth-order valence-electron chi connectivity index (χ4n) is 2.22. The second-order valence-electron chi connectivity index (χ2n) is 6.86. The lowest BCUT2D eigenvalue weighted by molar-refractivity contribution is -0.120. The first-order chi connectivity index (χ1) is 12.2. The minimum atomic E-state index is -0.989. The summed E-state index contributed by atoms with van der Waals surface area (Å²) in [4.78, 5) is 35.7. The van der Waals surface area contributed by atoms with Crippen molar-refractivity contribution in [3.63, 3.8) is 0 Å². The summed E-state index contributed by atoms with van der Waals surface area (Å²) in [5.41, 5.74) is 1.63. The van der Waals surface area contributed by atoms with Crippen LogP contribution in [0.15, 0.2) is 36.4 Å². The molecule has 6 nitrogen and oxygen atoms in total. The van der Waals surface area contributed by atoms with Crippen LogP contribution in [-0.2, 0) is 16.8 Å². The highest BCUT2D eigenvalue weighted by atomic mass is 32.1. The first kappa shape index (κ1) is 19.7. The minimum absolute atomic E-state index is 0.0111. The fourth-order valence-corrected chi connectivity index (χ4v) is 3.01. The van der Waals surface area contributed by atoms with Gasteiger partial charge in [0.2, 0.25) is 5.91 Å². The van der Waals surface area contributed by atoms with E-state index < -0.39 is 5.97 Å². The number of carboxylic acid groups (broad SMARTS) is 1. The number of aromatic carboxylic acids is 1. The summed E-state index contributed by atoms with van der Waals surface area (Å²) in [5, 5.41) is 14.1. The van der Waals surface area contributed by atoms with Crippen molar-refractivity contribution in [2.75, 3.05) is 6.54 Å². The lowest BCUT2D eigenvalue weighted by Gasteiger charge is -2.19. The topological polar surface area (TPSA) is 95.5 Å². The lowest BCUT2D eigenvalue weighted by Crippen LogP contribution is -2.36. The maximum Gasteiger partial charge on any atom is 0.345 e. The van der Waals surface area contributed by atoms with E-state index in [1.807, 2.05) is 12.1 Å². The number of carbonyl (C=O) groups is 3. The third-order valence-corrected chi connectivity index (χ3v) is 4.83. The number of carboxylic acids is 1. The Morgan fingerprint density at radius 2 is 1.65 bits per heavy atom. The summed E-state index contributed by atoms with van der Waals surface area (Å²) in [7, 11) is 0. The van der Waals surface area contributed by atoms with Crippen LogP contribution < -0.4 is 10.6 Å². The van der Waals surface area contributed by atoms with Gasteiger partial charge in [-0.25, -0.2) is 4.79 Å². The SMILES string of the molecule is CC(C)(C)c1ccc(C(=O)NCC(=O)NCc2ccc(C(=O)O)s2)cc1. The molecule has 0 aliphatic heterocycles. The van der Waals surface area contributed by atoms with Crippen molar-refractivity contribution >= 4 is 29.1 Å². The van der Waals surface area contributed by atoms with Crippen molar-refractivity contribution in [2.24, 2.45) is 0 Å². The third-order valence-electron chi connectivity index (χ3n) is 3.75. The molecule has 2 amide bonds. The van der Waals surface area contributed by atoms with Crippen molar-refractivity contribution in [1.82, 2.24) is 10.6 Å². The standard InChI is InChI=1S/C19H22N2O4S/c1-19(2,3)13-6-4-12(5-7-13)17(23)21-11-16(22)20-10-14-8-9-15(26-14)18(24)25/h4-9H,10-11H2,1-3H3,(H,20,22)(H,21,23)(H,24,25). The maximum absolute atomic E-state index is 12.1. The highest BCUT2D eigenvalue weighted by Crippen LogP contribution is 2.22. The summed E-state index contributed by atoms with van der Waals surface area (Å²) in [6.07, 6.45) is 0. The van der Waals surface area contributed by atoms with Gasteiger partial charge < -0.3 is 15.7 Å². The van der Waals surface area contributed by atoms with Crippen LogP contribution in [0.25, 0.3) is 0 Å². The van der Waals surface area contributed by atoms with Gasteiger partial charge in [-0.2, -0.15) is 0 Å². The van der Waals surface area contributed by atoms with Crippen molar-refractivity contribution in [2.45, 2.75) is 32.7 Å². The van der Waals surface area contributed by atoms with Crippen LogP contribution in [0, 0.1) is 0 Å². The average Bonchev–Trinajstić information content (AvgIpc) is 3.06. The van der Waals surface area contributed by atoms with Gasteiger partial charge in [-0.1, -0.05) is 32.9 Å². The van der Waals surface area contributed by atoms with E-state index in [1.165, 1.54) is 6.07 Å². The normalized spacial score (nSPS) is 11.0. The van der Waals surface area contributed by atoms with E-state index in [9.17, 15) is 14.4 Å². The number of hydrogen-bond donors (Lipinski definition) is 3. The molecule has 3 N–H and O–H groups in total. The van der Waals surface area contributed by atoms with Crippen LogP contribution in [0.5, 0.6) is 0 Å². The van der Waals surface area contributed by atoms with Gasteiger partial charge in [-0.15, -0.1) is 11.3 Å². The molecule has 0 aliphatic rings. The van der Waals surface area contributed by atoms with Crippen LogP contribution >= 0.6 is 11.3 Å². The average molecular weight is 374 g/mol. The van der Waals surface area contributed by atoms with E-state index in [-0.39, 0.29) is 35.2 Å². The van der Waals surface area contributed by atoms with Crippen molar-refractivity contribution in [3.8, 4) is 0 Å². The fraction of sp³-hybridized carbons (Fsp3) is 0.316. The Bertz CT molecular complexity index is 804. The van der Waals surface area contributed by atoms with Gasteiger partial charge in [0.25, 0.3) is 5.91 Å².